The molecule has 0 aromatic carbocycles. The summed E-state index contributed by atoms with van der Waals surface area (Å²) in [6.45, 7) is 7.05. The number of hydrogen-bond acceptors (Lipinski definition) is 3. The van der Waals surface area contributed by atoms with Crippen molar-refractivity contribution in [2.24, 2.45) is 11.8 Å². The lowest BCUT2D eigenvalue weighted by Crippen LogP contribution is -2.44. The molecule has 4 heteroatoms. The van der Waals surface area contributed by atoms with Crippen LogP contribution < -0.4 is 0 Å². The van der Waals surface area contributed by atoms with E-state index in [1.54, 1.807) is 0 Å². The minimum absolute atomic E-state index is 0.154. The topological polar surface area (TPSA) is 43.8 Å². The van der Waals surface area contributed by atoms with E-state index < -0.39 is 5.97 Å². The van der Waals surface area contributed by atoms with Gasteiger partial charge in [-0.05, 0) is 38.9 Å². The molecule has 1 saturated heterocycles. The lowest BCUT2D eigenvalue weighted by Gasteiger charge is -2.29. The van der Waals surface area contributed by atoms with E-state index in [1.165, 1.54) is 6.42 Å². The van der Waals surface area contributed by atoms with E-state index in [0.29, 0.717) is 5.92 Å². The van der Waals surface area contributed by atoms with Crippen molar-refractivity contribution in [1.29, 1.82) is 0 Å². The molecular formula is C12H24N2O2. The normalized spacial score (nSPS) is 24.2. The van der Waals surface area contributed by atoms with Gasteiger partial charge in [-0.25, -0.2) is 0 Å². The molecule has 1 aliphatic heterocycles. The molecule has 0 spiro atoms. The fourth-order valence-electron chi connectivity index (χ4n) is 2.68. The summed E-state index contributed by atoms with van der Waals surface area (Å²) in [6, 6.07) is -0.356. The van der Waals surface area contributed by atoms with E-state index in [4.69, 9.17) is 0 Å². The number of likely N-dealkylation sites (tertiary alicyclic amines) is 1. The lowest BCUT2D eigenvalue weighted by molar-refractivity contribution is -0.144. The maximum Gasteiger partial charge on any atom is 0.321 e. The molecule has 0 amide bonds. The molecule has 1 heterocycles. The highest BCUT2D eigenvalue weighted by Crippen LogP contribution is 2.18. The molecule has 16 heavy (non-hydrogen) atoms. The summed E-state index contributed by atoms with van der Waals surface area (Å²) in [6.07, 6.45) is 1.19. The number of carboxylic acids is 1. The van der Waals surface area contributed by atoms with E-state index >= 15 is 0 Å². The average molecular weight is 228 g/mol. The van der Waals surface area contributed by atoms with Crippen LogP contribution in [0.25, 0.3) is 0 Å². The van der Waals surface area contributed by atoms with E-state index in [9.17, 15) is 9.90 Å². The molecule has 94 valence electrons. The number of likely N-dealkylation sites (N-methyl/N-ethyl adjacent to an activating group) is 1. The minimum Gasteiger partial charge on any atom is -0.480 e. The lowest BCUT2D eigenvalue weighted by atomic mass is 10.0. The second-order valence-electron chi connectivity index (χ2n) is 5.38. The van der Waals surface area contributed by atoms with Gasteiger partial charge < -0.3 is 10.0 Å². The molecule has 0 aliphatic carbocycles. The predicted molar refractivity (Wildman–Crippen MR) is 64.5 cm³/mol. The van der Waals surface area contributed by atoms with Gasteiger partial charge in [-0.3, -0.25) is 9.69 Å². The Morgan fingerprint density at radius 3 is 2.56 bits per heavy atom. The molecule has 1 aliphatic rings. The Kier molecular flexibility index (Phi) is 4.74. The van der Waals surface area contributed by atoms with Crippen molar-refractivity contribution in [3.8, 4) is 0 Å². The zero-order valence-electron chi connectivity index (χ0n) is 10.8. The van der Waals surface area contributed by atoms with Gasteiger partial charge in [-0.1, -0.05) is 13.8 Å². The maximum absolute atomic E-state index is 11.2. The van der Waals surface area contributed by atoms with Crippen molar-refractivity contribution in [1.82, 2.24) is 9.80 Å². The van der Waals surface area contributed by atoms with Gasteiger partial charge in [0.1, 0.15) is 6.04 Å². The summed E-state index contributed by atoms with van der Waals surface area (Å²) >= 11 is 0. The fraction of sp³-hybridized carbons (Fsp3) is 0.917. The number of carbonyl (C=O) groups is 1. The number of carboxylic acid groups (broad SMARTS) is 1. The third-order valence-corrected chi connectivity index (χ3v) is 3.39. The van der Waals surface area contributed by atoms with E-state index in [-0.39, 0.29) is 12.0 Å². The van der Waals surface area contributed by atoms with Gasteiger partial charge in [-0.2, -0.15) is 0 Å². The number of rotatable bonds is 5. The second-order valence-corrected chi connectivity index (χ2v) is 5.38. The van der Waals surface area contributed by atoms with Gasteiger partial charge in [0.2, 0.25) is 0 Å². The van der Waals surface area contributed by atoms with Crippen LogP contribution in [0.1, 0.15) is 20.3 Å². The van der Waals surface area contributed by atoms with Gasteiger partial charge in [-0.15, -0.1) is 0 Å². The van der Waals surface area contributed by atoms with E-state index in [0.717, 1.165) is 19.6 Å². The first kappa shape index (κ1) is 13.5. The molecule has 0 aromatic heterocycles. The smallest absolute Gasteiger partial charge is 0.321 e. The monoisotopic (exact) mass is 228 g/mol. The highest BCUT2D eigenvalue weighted by atomic mass is 16.4. The van der Waals surface area contributed by atoms with Gasteiger partial charge in [0.05, 0.1) is 0 Å². The summed E-state index contributed by atoms with van der Waals surface area (Å²) in [4.78, 5) is 15.5. The Labute approximate surface area is 98.2 Å². The van der Waals surface area contributed by atoms with Gasteiger partial charge in [0.25, 0.3) is 0 Å². The minimum atomic E-state index is -0.705. The molecule has 1 N–H and O–H groups in total. The third kappa shape index (κ3) is 3.46. The standard InChI is InChI=1S/C12H24N2O2/c1-9(2)11(12(15)16)14(4)8-10-5-6-13(3)7-10/h9-11H,5-8H2,1-4H3,(H,15,16). The predicted octanol–water partition coefficient (Wildman–Crippen LogP) is 0.979. The Morgan fingerprint density at radius 2 is 2.19 bits per heavy atom. The van der Waals surface area contributed by atoms with Crippen molar-refractivity contribution < 1.29 is 9.90 Å². The first-order valence-corrected chi connectivity index (χ1v) is 6.03. The fourth-order valence-corrected chi connectivity index (χ4v) is 2.68. The second kappa shape index (κ2) is 5.64. The van der Waals surface area contributed by atoms with Gasteiger partial charge in [0, 0.05) is 13.1 Å². The largest absolute Gasteiger partial charge is 0.480 e. The molecule has 4 nitrogen and oxygen atoms in total. The van der Waals surface area contributed by atoms with Crippen molar-refractivity contribution >= 4 is 5.97 Å². The van der Waals surface area contributed by atoms with Crippen molar-refractivity contribution in [3.05, 3.63) is 0 Å². The molecule has 1 rings (SSSR count). The molecule has 2 atom stereocenters. The molecule has 0 aromatic rings. The van der Waals surface area contributed by atoms with Gasteiger partial charge >= 0.3 is 5.97 Å². The van der Waals surface area contributed by atoms with Crippen LogP contribution in [0.4, 0.5) is 0 Å². The number of nitrogens with zero attached hydrogens (tertiary/aromatic N) is 2. The SMILES string of the molecule is CC(C)C(C(=O)O)N(C)CC1CCN(C)C1. The van der Waals surface area contributed by atoms with Crippen LogP contribution in [-0.2, 0) is 4.79 Å². The highest BCUT2D eigenvalue weighted by Gasteiger charge is 2.29. The summed E-state index contributed by atoms with van der Waals surface area (Å²) in [5, 5.41) is 9.19. The molecule has 0 bridgehead atoms. The summed E-state index contributed by atoms with van der Waals surface area (Å²) in [5.74, 6) is 0.0704. The zero-order chi connectivity index (χ0) is 12.3. The number of hydrogen-bond donors (Lipinski definition) is 1. The van der Waals surface area contributed by atoms with Crippen LogP contribution in [-0.4, -0.2) is 60.6 Å². The van der Waals surface area contributed by atoms with E-state index in [1.807, 2.05) is 25.8 Å². The average Bonchev–Trinajstić information content (AvgIpc) is 2.49. The molecular weight excluding hydrogens is 204 g/mol. The Bertz CT molecular complexity index is 243. The number of aliphatic carboxylic acids is 1. The summed E-state index contributed by atoms with van der Waals surface area (Å²) < 4.78 is 0. The van der Waals surface area contributed by atoms with Crippen LogP contribution in [0, 0.1) is 11.8 Å². The quantitative estimate of drug-likeness (QED) is 0.762. The van der Waals surface area contributed by atoms with Crippen LogP contribution in [0.3, 0.4) is 0 Å². The van der Waals surface area contributed by atoms with Crippen molar-refractivity contribution in [3.63, 3.8) is 0 Å². The van der Waals surface area contributed by atoms with Gasteiger partial charge in [0.15, 0.2) is 0 Å². The first-order valence-electron chi connectivity index (χ1n) is 6.03. The maximum atomic E-state index is 11.2. The summed E-state index contributed by atoms with van der Waals surface area (Å²) in [7, 11) is 4.05. The Hall–Kier alpha value is -0.610. The third-order valence-electron chi connectivity index (χ3n) is 3.39. The zero-order valence-corrected chi connectivity index (χ0v) is 10.8. The molecule has 2 unspecified atom stereocenters. The molecule has 1 fully saturated rings. The van der Waals surface area contributed by atoms with Crippen LogP contribution in [0.15, 0.2) is 0 Å². The molecule has 0 radical (unpaired) electrons. The summed E-state index contributed by atoms with van der Waals surface area (Å²) in [5.41, 5.74) is 0. The first-order chi connectivity index (χ1) is 7.41. The Balaban J connectivity index is 2.49. The van der Waals surface area contributed by atoms with Crippen LogP contribution in [0.5, 0.6) is 0 Å². The van der Waals surface area contributed by atoms with Crippen LogP contribution >= 0.6 is 0 Å². The molecule has 0 saturated carbocycles. The van der Waals surface area contributed by atoms with E-state index in [2.05, 4.69) is 11.9 Å². The Morgan fingerprint density at radius 1 is 1.56 bits per heavy atom. The van der Waals surface area contributed by atoms with Crippen molar-refractivity contribution in [2.45, 2.75) is 26.3 Å². The highest BCUT2D eigenvalue weighted by molar-refractivity contribution is 5.73. The van der Waals surface area contributed by atoms with Crippen LogP contribution in [0.2, 0.25) is 0 Å². The van der Waals surface area contributed by atoms with Crippen molar-refractivity contribution in [2.75, 3.05) is 33.7 Å².